The molecule has 8 heteroatoms. The zero-order valence-corrected chi connectivity index (χ0v) is 20.8. The van der Waals surface area contributed by atoms with Crippen LogP contribution in [0.25, 0.3) is 0 Å². The number of nitrogens with zero attached hydrogens (tertiary/aromatic N) is 1. The van der Waals surface area contributed by atoms with Crippen molar-refractivity contribution < 1.29 is 18.9 Å². The molecule has 0 radical (unpaired) electrons. The highest BCUT2D eigenvalue weighted by Gasteiger charge is 2.13. The van der Waals surface area contributed by atoms with E-state index in [0.29, 0.717) is 36.3 Å². The standard InChI is InChI=1S/C22H31N3O4.HI/c1-15-8-7-9-18(10-15)29-16(2)13-24-22(23-3)25-14-17-11-19(26-4)21(28-6)20(12-17)27-5;/h7-12,16H,13-14H2,1-6H3,(H2,23,24,25);1H. The van der Waals surface area contributed by atoms with Crippen molar-refractivity contribution in [3.8, 4) is 23.0 Å². The highest BCUT2D eigenvalue weighted by Crippen LogP contribution is 2.38. The van der Waals surface area contributed by atoms with Crippen LogP contribution in [0.15, 0.2) is 41.4 Å². The van der Waals surface area contributed by atoms with Crippen molar-refractivity contribution in [2.45, 2.75) is 26.5 Å². The first kappa shape index (κ1) is 25.7. The molecule has 0 saturated carbocycles. The van der Waals surface area contributed by atoms with E-state index in [9.17, 15) is 0 Å². The lowest BCUT2D eigenvalue weighted by molar-refractivity contribution is 0.223. The first-order valence-corrected chi connectivity index (χ1v) is 9.47. The van der Waals surface area contributed by atoms with Crippen LogP contribution in [0.3, 0.4) is 0 Å². The topological polar surface area (TPSA) is 73.3 Å². The van der Waals surface area contributed by atoms with Gasteiger partial charge in [0.15, 0.2) is 17.5 Å². The lowest BCUT2D eigenvalue weighted by Crippen LogP contribution is -2.41. The minimum Gasteiger partial charge on any atom is -0.493 e. The molecular weight excluding hydrogens is 497 g/mol. The third-order valence-corrected chi connectivity index (χ3v) is 4.29. The summed E-state index contributed by atoms with van der Waals surface area (Å²) in [7, 11) is 6.52. The number of nitrogens with one attached hydrogen (secondary N) is 2. The second-order valence-corrected chi connectivity index (χ2v) is 6.59. The van der Waals surface area contributed by atoms with Gasteiger partial charge in [-0.1, -0.05) is 12.1 Å². The lowest BCUT2D eigenvalue weighted by Gasteiger charge is -2.18. The lowest BCUT2D eigenvalue weighted by atomic mass is 10.2. The van der Waals surface area contributed by atoms with Crippen LogP contribution in [-0.4, -0.2) is 47.0 Å². The number of aliphatic imine (C=N–C) groups is 1. The van der Waals surface area contributed by atoms with Gasteiger partial charge in [0.25, 0.3) is 0 Å². The van der Waals surface area contributed by atoms with Gasteiger partial charge in [-0.3, -0.25) is 4.99 Å². The summed E-state index contributed by atoms with van der Waals surface area (Å²) in [5.41, 5.74) is 2.15. The highest BCUT2D eigenvalue weighted by molar-refractivity contribution is 14.0. The number of aryl methyl sites for hydroxylation is 1. The van der Waals surface area contributed by atoms with Crippen molar-refractivity contribution in [1.82, 2.24) is 10.6 Å². The molecule has 7 nitrogen and oxygen atoms in total. The average Bonchev–Trinajstić information content (AvgIpc) is 2.72. The quantitative estimate of drug-likeness (QED) is 0.293. The van der Waals surface area contributed by atoms with Crippen molar-refractivity contribution >= 4 is 29.9 Å². The molecule has 0 spiro atoms. The Bertz CT molecular complexity index is 805. The Morgan fingerprint density at radius 2 is 1.67 bits per heavy atom. The Morgan fingerprint density at radius 1 is 1.00 bits per heavy atom. The van der Waals surface area contributed by atoms with Gasteiger partial charge < -0.3 is 29.6 Å². The van der Waals surface area contributed by atoms with Gasteiger partial charge >= 0.3 is 0 Å². The Labute approximate surface area is 196 Å². The molecular formula is C22H32IN3O4. The molecule has 0 aromatic heterocycles. The van der Waals surface area contributed by atoms with E-state index in [1.165, 1.54) is 5.56 Å². The number of hydrogen-bond donors (Lipinski definition) is 2. The van der Waals surface area contributed by atoms with Crippen LogP contribution in [-0.2, 0) is 6.54 Å². The van der Waals surface area contributed by atoms with E-state index in [-0.39, 0.29) is 30.1 Å². The molecule has 0 heterocycles. The van der Waals surface area contributed by atoms with Crippen molar-refractivity contribution in [2.75, 3.05) is 34.9 Å². The zero-order valence-electron chi connectivity index (χ0n) is 18.4. The molecule has 0 fully saturated rings. The molecule has 0 aliphatic carbocycles. The maximum Gasteiger partial charge on any atom is 0.203 e. The molecule has 0 amide bonds. The van der Waals surface area contributed by atoms with Crippen LogP contribution < -0.4 is 29.6 Å². The van der Waals surface area contributed by atoms with E-state index >= 15 is 0 Å². The number of ether oxygens (including phenoxy) is 4. The number of hydrogen-bond acceptors (Lipinski definition) is 5. The molecule has 2 aromatic rings. The minimum atomic E-state index is -0.0171. The first-order chi connectivity index (χ1) is 14.0. The fourth-order valence-corrected chi connectivity index (χ4v) is 2.85. The molecule has 0 aliphatic heterocycles. The molecule has 166 valence electrons. The van der Waals surface area contributed by atoms with Crippen molar-refractivity contribution in [3.05, 3.63) is 47.5 Å². The Morgan fingerprint density at radius 3 is 2.20 bits per heavy atom. The van der Waals surface area contributed by atoms with E-state index in [1.807, 2.05) is 50.2 Å². The molecule has 1 unspecified atom stereocenters. The summed E-state index contributed by atoms with van der Waals surface area (Å²) in [6.45, 7) is 5.22. The number of benzene rings is 2. The van der Waals surface area contributed by atoms with Crippen LogP contribution in [0.2, 0.25) is 0 Å². The second kappa shape index (κ2) is 13.0. The molecule has 0 saturated heterocycles. The summed E-state index contributed by atoms with van der Waals surface area (Å²) in [4.78, 5) is 4.27. The summed E-state index contributed by atoms with van der Waals surface area (Å²) in [6.07, 6.45) is -0.0171. The van der Waals surface area contributed by atoms with Crippen LogP contribution in [0, 0.1) is 6.92 Å². The Kier molecular flexibility index (Phi) is 11.2. The van der Waals surface area contributed by atoms with Crippen molar-refractivity contribution in [1.29, 1.82) is 0 Å². The van der Waals surface area contributed by atoms with Gasteiger partial charge in [-0.15, -0.1) is 24.0 Å². The van der Waals surface area contributed by atoms with Gasteiger partial charge in [0.05, 0.1) is 27.9 Å². The van der Waals surface area contributed by atoms with Crippen molar-refractivity contribution in [3.63, 3.8) is 0 Å². The fourth-order valence-electron chi connectivity index (χ4n) is 2.85. The maximum atomic E-state index is 5.95. The average molecular weight is 529 g/mol. The number of guanidine groups is 1. The maximum absolute atomic E-state index is 5.95. The van der Waals surface area contributed by atoms with Crippen LogP contribution in [0.4, 0.5) is 0 Å². The largest absolute Gasteiger partial charge is 0.493 e. The fraction of sp³-hybridized carbons (Fsp3) is 0.409. The third-order valence-electron chi connectivity index (χ3n) is 4.29. The molecule has 0 aliphatic rings. The Hall–Kier alpha value is -2.36. The van der Waals surface area contributed by atoms with E-state index in [2.05, 4.69) is 15.6 Å². The summed E-state index contributed by atoms with van der Waals surface area (Å²) in [5, 5.41) is 6.57. The second-order valence-electron chi connectivity index (χ2n) is 6.59. The SMILES string of the molecule is CN=C(NCc1cc(OC)c(OC)c(OC)c1)NCC(C)Oc1cccc(C)c1.I. The zero-order chi connectivity index (χ0) is 21.2. The van der Waals surface area contributed by atoms with Gasteiger partial charge in [-0.2, -0.15) is 0 Å². The summed E-state index contributed by atoms with van der Waals surface area (Å²) in [6, 6.07) is 11.8. The third kappa shape index (κ3) is 7.47. The van der Waals surface area contributed by atoms with E-state index in [1.54, 1.807) is 28.4 Å². The molecule has 1 atom stereocenters. The molecule has 2 N–H and O–H groups in total. The predicted molar refractivity (Wildman–Crippen MR) is 131 cm³/mol. The van der Waals surface area contributed by atoms with Gasteiger partial charge in [-0.25, -0.2) is 0 Å². The predicted octanol–water partition coefficient (Wildman–Crippen LogP) is 3.77. The summed E-state index contributed by atoms with van der Waals surface area (Å²) in [5.74, 6) is 3.35. The molecule has 0 bridgehead atoms. The Balaban J connectivity index is 0.00000450. The number of rotatable bonds is 9. The van der Waals surface area contributed by atoms with Gasteiger partial charge in [0.1, 0.15) is 11.9 Å². The smallest absolute Gasteiger partial charge is 0.203 e. The first-order valence-electron chi connectivity index (χ1n) is 9.47. The van der Waals surface area contributed by atoms with Crippen molar-refractivity contribution in [2.24, 2.45) is 4.99 Å². The molecule has 30 heavy (non-hydrogen) atoms. The van der Waals surface area contributed by atoms with E-state index < -0.39 is 0 Å². The van der Waals surface area contributed by atoms with Crippen LogP contribution in [0.5, 0.6) is 23.0 Å². The normalized spacial score (nSPS) is 11.7. The van der Waals surface area contributed by atoms with Crippen LogP contribution in [0.1, 0.15) is 18.1 Å². The van der Waals surface area contributed by atoms with Crippen LogP contribution >= 0.6 is 24.0 Å². The molecule has 2 aromatic carbocycles. The number of halogens is 1. The highest BCUT2D eigenvalue weighted by atomic mass is 127. The van der Waals surface area contributed by atoms with E-state index in [4.69, 9.17) is 18.9 Å². The van der Waals surface area contributed by atoms with E-state index in [0.717, 1.165) is 11.3 Å². The molecule has 2 rings (SSSR count). The monoisotopic (exact) mass is 529 g/mol. The minimum absolute atomic E-state index is 0. The van der Waals surface area contributed by atoms with Gasteiger partial charge in [0, 0.05) is 13.6 Å². The summed E-state index contributed by atoms with van der Waals surface area (Å²) >= 11 is 0. The number of methoxy groups -OCH3 is 3. The van der Waals surface area contributed by atoms with Gasteiger partial charge in [0.2, 0.25) is 5.75 Å². The summed E-state index contributed by atoms with van der Waals surface area (Å²) < 4.78 is 22.1. The van der Waals surface area contributed by atoms with Gasteiger partial charge in [-0.05, 0) is 49.2 Å².